The number of ether oxygens (including phenoxy) is 1. The van der Waals surface area contributed by atoms with Gasteiger partial charge in [0, 0.05) is 39.8 Å². The number of hydrogen-bond donors (Lipinski definition) is 0. The van der Waals surface area contributed by atoms with Crippen molar-refractivity contribution < 1.29 is 14.3 Å². The van der Waals surface area contributed by atoms with E-state index in [2.05, 4.69) is 17.0 Å². The topological polar surface area (TPSA) is 53.1 Å². The molecule has 1 aliphatic carbocycles. The molecule has 2 aliphatic heterocycles. The third-order valence-electron chi connectivity index (χ3n) is 6.03. The van der Waals surface area contributed by atoms with Crippen molar-refractivity contribution in [2.75, 3.05) is 46.4 Å². The minimum absolute atomic E-state index is 0.0746. The summed E-state index contributed by atoms with van der Waals surface area (Å²) in [6, 6.07) is 9.73. The summed E-state index contributed by atoms with van der Waals surface area (Å²) >= 11 is 0. The summed E-state index contributed by atoms with van der Waals surface area (Å²) < 4.78 is 5.13. The number of amides is 2. The van der Waals surface area contributed by atoms with E-state index in [-0.39, 0.29) is 23.9 Å². The summed E-state index contributed by atoms with van der Waals surface area (Å²) in [6.07, 6.45) is 3.20. The molecule has 0 aromatic heterocycles. The number of rotatable bonds is 7. The second kappa shape index (κ2) is 7.98. The van der Waals surface area contributed by atoms with Crippen LogP contribution in [0.2, 0.25) is 0 Å². The van der Waals surface area contributed by atoms with E-state index in [9.17, 15) is 9.59 Å². The quantitative estimate of drug-likeness (QED) is 0.718. The first-order valence-electron chi connectivity index (χ1n) is 10.0. The second-order valence-corrected chi connectivity index (χ2v) is 7.97. The molecule has 3 fully saturated rings. The Bertz CT molecular complexity index is 677. The zero-order valence-corrected chi connectivity index (χ0v) is 16.0. The largest absolute Gasteiger partial charge is 0.383 e. The smallest absolute Gasteiger partial charge is 0.246 e. The lowest BCUT2D eigenvalue weighted by Crippen LogP contribution is -2.70. The summed E-state index contributed by atoms with van der Waals surface area (Å²) in [6.45, 7) is 3.95. The zero-order valence-electron chi connectivity index (χ0n) is 16.0. The molecule has 0 N–H and O–H groups in total. The summed E-state index contributed by atoms with van der Waals surface area (Å²) in [5.74, 6) is 0.881. The van der Waals surface area contributed by atoms with Gasteiger partial charge in [-0.15, -0.1) is 0 Å². The van der Waals surface area contributed by atoms with Crippen molar-refractivity contribution in [1.82, 2.24) is 14.7 Å². The SMILES string of the molecule is COCCN1CCN2C(=O)[C@H](Cc3ccccc3)N(CC3CC3)C[C@H]2C1=O. The minimum atomic E-state index is -0.339. The van der Waals surface area contributed by atoms with Crippen LogP contribution < -0.4 is 0 Å². The predicted molar refractivity (Wildman–Crippen MR) is 102 cm³/mol. The van der Waals surface area contributed by atoms with Crippen LogP contribution in [0.1, 0.15) is 18.4 Å². The number of carbonyl (C=O) groups is 2. The fraction of sp³-hybridized carbons (Fsp3) is 0.619. The molecule has 0 bridgehead atoms. The monoisotopic (exact) mass is 371 g/mol. The molecule has 2 saturated heterocycles. The van der Waals surface area contributed by atoms with Gasteiger partial charge in [0.2, 0.25) is 11.8 Å². The molecule has 1 aromatic rings. The standard InChI is InChI=1S/C21H29N3O3/c1-27-12-11-22-9-10-24-19(20(22)25)15-23(14-17-7-8-17)18(21(24)26)13-16-5-3-2-4-6-16/h2-6,17-19H,7-15H2,1H3/t18-,19-/m0/s1. The van der Waals surface area contributed by atoms with Crippen molar-refractivity contribution in [3.8, 4) is 0 Å². The lowest BCUT2D eigenvalue weighted by atomic mass is 9.96. The van der Waals surface area contributed by atoms with E-state index in [1.165, 1.54) is 18.4 Å². The molecule has 0 unspecified atom stereocenters. The molecule has 0 radical (unpaired) electrons. The van der Waals surface area contributed by atoms with Crippen LogP contribution in [0.4, 0.5) is 0 Å². The average Bonchev–Trinajstić information content (AvgIpc) is 3.50. The van der Waals surface area contributed by atoms with Gasteiger partial charge >= 0.3 is 0 Å². The van der Waals surface area contributed by atoms with E-state index in [0.29, 0.717) is 38.7 Å². The van der Waals surface area contributed by atoms with Gasteiger partial charge in [-0.25, -0.2) is 0 Å². The predicted octanol–water partition coefficient (Wildman–Crippen LogP) is 1.01. The highest BCUT2D eigenvalue weighted by molar-refractivity contribution is 5.92. The van der Waals surface area contributed by atoms with Crippen molar-refractivity contribution in [1.29, 1.82) is 0 Å². The van der Waals surface area contributed by atoms with Gasteiger partial charge in [0.05, 0.1) is 12.6 Å². The van der Waals surface area contributed by atoms with Gasteiger partial charge in [0.25, 0.3) is 0 Å². The molecule has 146 valence electrons. The van der Waals surface area contributed by atoms with Crippen LogP contribution in [0.3, 0.4) is 0 Å². The number of hydrogen-bond acceptors (Lipinski definition) is 4. The number of carbonyl (C=O) groups excluding carboxylic acids is 2. The number of methoxy groups -OCH3 is 1. The second-order valence-electron chi connectivity index (χ2n) is 7.97. The summed E-state index contributed by atoms with van der Waals surface area (Å²) in [5.41, 5.74) is 1.18. The molecule has 4 rings (SSSR count). The maximum Gasteiger partial charge on any atom is 0.246 e. The first-order chi connectivity index (χ1) is 13.2. The van der Waals surface area contributed by atoms with Crippen LogP contribution in [-0.4, -0.2) is 85.0 Å². The van der Waals surface area contributed by atoms with Crippen LogP contribution in [0.15, 0.2) is 30.3 Å². The molecule has 3 aliphatic rings. The Morgan fingerprint density at radius 1 is 1.07 bits per heavy atom. The average molecular weight is 371 g/mol. The Morgan fingerprint density at radius 2 is 1.85 bits per heavy atom. The fourth-order valence-corrected chi connectivity index (χ4v) is 4.29. The van der Waals surface area contributed by atoms with E-state index >= 15 is 0 Å². The normalized spacial score (nSPS) is 26.4. The van der Waals surface area contributed by atoms with Gasteiger partial charge in [-0.2, -0.15) is 0 Å². The molecule has 27 heavy (non-hydrogen) atoms. The molecule has 0 spiro atoms. The lowest BCUT2D eigenvalue weighted by Gasteiger charge is -2.49. The third-order valence-corrected chi connectivity index (χ3v) is 6.03. The van der Waals surface area contributed by atoms with Crippen molar-refractivity contribution in [2.45, 2.75) is 31.3 Å². The van der Waals surface area contributed by atoms with E-state index < -0.39 is 0 Å². The van der Waals surface area contributed by atoms with Crippen molar-refractivity contribution >= 4 is 11.8 Å². The summed E-state index contributed by atoms with van der Waals surface area (Å²) in [4.78, 5) is 32.3. The number of piperazine rings is 2. The lowest BCUT2D eigenvalue weighted by molar-refractivity contribution is -0.162. The fourth-order valence-electron chi connectivity index (χ4n) is 4.29. The molecule has 6 heteroatoms. The highest BCUT2D eigenvalue weighted by Crippen LogP contribution is 2.33. The van der Waals surface area contributed by atoms with E-state index in [0.717, 1.165) is 13.0 Å². The van der Waals surface area contributed by atoms with Gasteiger partial charge in [-0.05, 0) is 30.7 Å². The Hall–Kier alpha value is -1.92. The minimum Gasteiger partial charge on any atom is -0.383 e. The molecular formula is C21H29N3O3. The van der Waals surface area contributed by atoms with Gasteiger partial charge in [-0.1, -0.05) is 30.3 Å². The Labute approximate surface area is 161 Å². The molecular weight excluding hydrogens is 342 g/mol. The third kappa shape index (κ3) is 4.01. The Balaban J connectivity index is 1.52. The maximum atomic E-state index is 13.3. The van der Waals surface area contributed by atoms with Crippen LogP contribution in [0, 0.1) is 5.92 Å². The Morgan fingerprint density at radius 3 is 2.56 bits per heavy atom. The molecule has 2 atom stereocenters. The first-order valence-corrected chi connectivity index (χ1v) is 10.0. The molecule has 1 aromatic carbocycles. The Kier molecular flexibility index (Phi) is 5.45. The van der Waals surface area contributed by atoms with E-state index in [4.69, 9.17) is 4.74 Å². The summed E-state index contributed by atoms with van der Waals surface area (Å²) in [7, 11) is 1.65. The number of benzene rings is 1. The van der Waals surface area contributed by atoms with Crippen LogP contribution in [-0.2, 0) is 20.7 Å². The van der Waals surface area contributed by atoms with E-state index in [1.807, 2.05) is 28.0 Å². The van der Waals surface area contributed by atoms with Crippen molar-refractivity contribution in [3.63, 3.8) is 0 Å². The molecule has 2 heterocycles. The number of nitrogens with zero attached hydrogens (tertiary/aromatic N) is 3. The maximum absolute atomic E-state index is 13.3. The van der Waals surface area contributed by atoms with Gasteiger partial charge in [-0.3, -0.25) is 14.5 Å². The zero-order chi connectivity index (χ0) is 18.8. The van der Waals surface area contributed by atoms with Crippen LogP contribution in [0.25, 0.3) is 0 Å². The molecule has 6 nitrogen and oxygen atoms in total. The van der Waals surface area contributed by atoms with Gasteiger partial charge in [0.15, 0.2) is 0 Å². The van der Waals surface area contributed by atoms with E-state index in [1.54, 1.807) is 7.11 Å². The molecule has 1 saturated carbocycles. The van der Waals surface area contributed by atoms with Crippen molar-refractivity contribution in [3.05, 3.63) is 35.9 Å². The first kappa shape index (κ1) is 18.4. The van der Waals surface area contributed by atoms with Crippen LogP contribution in [0.5, 0.6) is 0 Å². The highest BCUT2D eigenvalue weighted by Gasteiger charge is 2.47. The summed E-state index contributed by atoms with van der Waals surface area (Å²) in [5, 5.41) is 0. The van der Waals surface area contributed by atoms with Crippen molar-refractivity contribution in [2.24, 2.45) is 5.92 Å². The molecule has 2 amide bonds. The van der Waals surface area contributed by atoms with Crippen LogP contribution >= 0.6 is 0 Å². The number of fused-ring (bicyclic) bond motifs is 1. The highest BCUT2D eigenvalue weighted by atomic mass is 16.5. The van der Waals surface area contributed by atoms with Gasteiger partial charge < -0.3 is 14.5 Å². The van der Waals surface area contributed by atoms with Gasteiger partial charge in [0.1, 0.15) is 6.04 Å².